The number of amides is 1. The number of carboxylic acids is 1. The second-order valence-corrected chi connectivity index (χ2v) is 5.06. The summed E-state index contributed by atoms with van der Waals surface area (Å²) in [6.07, 6.45) is 3.57. The molecule has 6 heteroatoms. The third-order valence-corrected chi connectivity index (χ3v) is 2.12. The van der Waals surface area contributed by atoms with E-state index in [9.17, 15) is 9.59 Å². The second-order valence-electron chi connectivity index (χ2n) is 5.06. The van der Waals surface area contributed by atoms with Crippen molar-refractivity contribution in [2.75, 3.05) is 13.1 Å². The summed E-state index contributed by atoms with van der Waals surface area (Å²) in [5, 5.41) is 14.2. The smallest absolute Gasteiger partial charge is 0.407 e. The number of carbonyl (C=O) groups is 2. The van der Waals surface area contributed by atoms with E-state index in [4.69, 9.17) is 9.84 Å². The van der Waals surface area contributed by atoms with Gasteiger partial charge in [-0.1, -0.05) is 19.1 Å². The number of carbonyl (C=O) groups excluding carboxylic acids is 1. The van der Waals surface area contributed by atoms with Crippen LogP contribution in [-0.2, 0) is 9.53 Å². The summed E-state index contributed by atoms with van der Waals surface area (Å²) < 4.78 is 5.05. The maximum atomic E-state index is 11.3. The molecular weight excluding hydrogens is 248 g/mol. The van der Waals surface area contributed by atoms with E-state index >= 15 is 0 Å². The van der Waals surface area contributed by atoms with Crippen LogP contribution in [0.2, 0.25) is 0 Å². The van der Waals surface area contributed by atoms with Gasteiger partial charge in [0.2, 0.25) is 0 Å². The summed E-state index contributed by atoms with van der Waals surface area (Å²) in [4.78, 5) is 22.0. The number of nitrogens with one attached hydrogen (secondary N) is 2. The van der Waals surface area contributed by atoms with Crippen molar-refractivity contribution in [1.29, 1.82) is 0 Å². The molecule has 0 spiro atoms. The lowest BCUT2D eigenvalue weighted by Crippen LogP contribution is -2.36. The van der Waals surface area contributed by atoms with Crippen LogP contribution in [0.25, 0.3) is 0 Å². The third-order valence-electron chi connectivity index (χ3n) is 2.12. The molecule has 0 aliphatic carbocycles. The fraction of sp³-hybridized carbons (Fsp3) is 0.692. The van der Waals surface area contributed by atoms with Crippen molar-refractivity contribution in [3.63, 3.8) is 0 Å². The highest BCUT2D eigenvalue weighted by molar-refractivity contribution is 5.73. The van der Waals surface area contributed by atoms with Gasteiger partial charge in [0.15, 0.2) is 0 Å². The lowest BCUT2D eigenvalue weighted by Gasteiger charge is -2.19. The topological polar surface area (TPSA) is 87.7 Å². The van der Waals surface area contributed by atoms with E-state index in [1.807, 2.05) is 0 Å². The van der Waals surface area contributed by atoms with E-state index in [1.165, 1.54) is 0 Å². The molecule has 0 rings (SSSR count). The average molecular weight is 272 g/mol. The van der Waals surface area contributed by atoms with Gasteiger partial charge in [-0.15, -0.1) is 0 Å². The minimum Gasteiger partial charge on any atom is -0.480 e. The van der Waals surface area contributed by atoms with Gasteiger partial charge in [-0.2, -0.15) is 0 Å². The molecule has 0 aromatic carbocycles. The maximum Gasteiger partial charge on any atom is 0.407 e. The summed E-state index contributed by atoms with van der Waals surface area (Å²) in [5.41, 5.74) is -0.509. The summed E-state index contributed by atoms with van der Waals surface area (Å²) >= 11 is 0. The van der Waals surface area contributed by atoms with Gasteiger partial charge in [0.25, 0.3) is 0 Å². The Morgan fingerprint density at radius 2 is 1.84 bits per heavy atom. The van der Waals surface area contributed by atoms with Crippen LogP contribution >= 0.6 is 0 Å². The molecule has 1 amide bonds. The Balaban J connectivity index is 3.75. The monoisotopic (exact) mass is 272 g/mol. The zero-order valence-electron chi connectivity index (χ0n) is 12.0. The van der Waals surface area contributed by atoms with Crippen molar-refractivity contribution in [2.45, 2.75) is 45.8 Å². The first-order valence-corrected chi connectivity index (χ1v) is 6.34. The zero-order valence-corrected chi connectivity index (χ0v) is 12.0. The van der Waals surface area contributed by atoms with Crippen LogP contribution in [0, 0.1) is 0 Å². The minimum atomic E-state index is -0.859. The molecule has 110 valence electrons. The molecule has 0 saturated heterocycles. The van der Waals surface area contributed by atoms with Crippen LogP contribution in [0.3, 0.4) is 0 Å². The minimum absolute atomic E-state index is 0.348. The van der Waals surface area contributed by atoms with Crippen LogP contribution < -0.4 is 10.6 Å². The molecule has 3 N–H and O–H groups in total. The van der Waals surface area contributed by atoms with Gasteiger partial charge in [0.1, 0.15) is 11.6 Å². The number of ether oxygens (including phenoxy) is 1. The first-order chi connectivity index (χ1) is 8.76. The van der Waals surface area contributed by atoms with E-state index in [0.29, 0.717) is 19.5 Å². The maximum absolute atomic E-state index is 11.3. The van der Waals surface area contributed by atoms with Crippen LogP contribution in [0.5, 0.6) is 0 Å². The normalized spacial score (nSPS) is 13.3. The number of carboxylic acid groups (broad SMARTS) is 1. The van der Waals surface area contributed by atoms with Gasteiger partial charge in [-0.3, -0.25) is 4.79 Å². The van der Waals surface area contributed by atoms with E-state index in [0.717, 1.165) is 0 Å². The first kappa shape index (κ1) is 17.4. The van der Waals surface area contributed by atoms with Crippen LogP contribution in [0.15, 0.2) is 12.2 Å². The molecular formula is C13H24N2O4. The molecule has 1 unspecified atom stereocenters. The summed E-state index contributed by atoms with van der Waals surface area (Å²) in [6, 6.07) is -0.538. The fourth-order valence-corrected chi connectivity index (χ4v) is 1.24. The van der Waals surface area contributed by atoms with Crippen LogP contribution in [0.4, 0.5) is 4.79 Å². The van der Waals surface area contributed by atoms with Gasteiger partial charge < -0.3 is 20.5 Å². The molecule has 0 aliphatic heterocycles. The molecule has 0 saturated carbocycles. The van der Waals surface area contributed by atoms with E-state index in [1.54, 1.807) is 39.8 Å². The van der Waals surface area contributed by atoms with Gasteiger partial charge >= 0.3 is 12.1 Å². The lowest BCUT2D eigenvalue weighted by molar-refractivity contribution is -0.139. The molecule has 0 bridgehead atoms. The predicted molar refractivity (Wildman–Crippen MR) is 73.1 cm³/mol. The van der Waals surface area contributed by atoms with E-state index < -0.39 is 23.7 Å². The van der Waals surface area contributed by atoms with Crippen LogP contribution in [0.1, 0.15) is 34.1 Å². The summed E-state index contributed by atoms with van der Waals surface area (Å²) in [6.45, 7) is 7.98. The van der Waals surface area contributed by atoms with Crippen molar-refractivity contribution in [2.24, 2.45) is 0 Å². The van der Waals surface area contributed by atoms with Crippen molar-refractivity contribution >= 4 is 12.1 Å². The Morgan fingerprint density at radius 3 is 2.32 bits per heavy atom. The number of rotatable bonds is 7. The lowest BCUT2D eigenvalue weighted by atomic mass is 10.2. The van der Waals surface area contributed by atoms with Crippen molar-refractivity contribution < 1.29 is 19.4 Å². The standard InChI is InChI=1S/C13H24N2O4/c1-5-10(11(16)17)14-8-6-7-9-15-12(18)19-13(2,3)4/h6-7,10,14H,5,8-9H2,1-4H3,(H,15,18)(H,16,17)/b7-6+. The van der Waals surface area contributed by atoms with E-state index in [2.05, 4.69) is 10.6 Å². The fourth-order valence-electron chi connectivity index (χ4n) is 1.24. The molecule has 0 heterocycles. The van der Waals surface area contributed by atoms with Crippen molar-refractivity contribution in [1.82, 2.24) is 10.6 Å². The highest BCUT2D eigenvalue weighted by Gasteiger charge is 2.15. The average Bonchev–Trinajstić information content (AvgIpc) is 2.25. The molecule has 0 fully saturated rings. The zero-order chi connectivity index (χ0) is 14.9. The molecule has 19 heavy (non-hydrogen) atoms. The highest BCUT2D eigenvalue weighted by Crippen LogP contribution is 2.05. The molecule has 0 aromatic rings. The van der Waals surface area contributed by atoms with Gasteiger partial charge in [0, 0.05) is 13.1 Å². The molecule has 0 aromatic heterocycles. The second kappa shape index (κ2) is 8.53. The van der Waals surface area contributed by atoms with Crippen molar-refractivity contribution in [3.8, 4) is 0 Å². The van der Waals surface area contributed by atoms with Gasteiger partial charge in [0.05, 0.1) is 0 Å². The Labute approximate surface area is 114 Å². The SMILES string of the molecule is CCC(NC/C=C/CNC(=O)OC(C)(C)C)C(=O)O. The van der Waals surface area contributed by atoms with E-state index in [-0.39, 0.29) is 0 Å². The number of hydrogen-bond donors (Lipinski definition) is 3. The highest BCUT2D eigenvalue weighted by atomic mass is 16.6. The number of alkyl carbamates (subject to hydrolysis) is 1. The first-order valence-electron chi connectivity index (χ1n) is 6.34. The Bertz CT molecular complexity index is 321. The third kappa shape index (κ3) is 10.1. The molecule has 0 radical (unpaired) electrons. The predicted octanol–water partition coefficient (Wildman–Crippen LogP) is 1.52. The largest absolute Gasteiger partial charge is 0.480 e. The van der Waals surface area contributed by atoms with Gasteiger partial charge in [-0.25, -0.2) is 4.79 Å². The van der Waals surface area contributed by atoms with Crippen LogP contribution in [-0.4, -0.2) is 41.9 Å². The number of hydrogen-bond acceptors (Lipinski definition) is 4. The Kier molecular flexibility index (Phi) is 7.83. The van der Waals surface area contributed by atoms with Crippen molar-refractivity contribution in [3.05, 3.63) is 12.2 Å². The molecule has 6 nitrogen and oxygen atoms in total. The van der Waals surface area contributed by atoms with Gasteiger partial charge in [-0.05, 0) is 27.2 Å². The Morgan fingerprint density at radius 1 is 1.26 bits per heavy atom. The molecule has 1 atom stereocenters. The summed E-state index contributed by atoms with van der Waals surface area (Å²) in [7, 11) is 0. The number of aliphatic carboxylic acids is 1. The molecule has 0 aliphatic rings. The Hall–Kier alpha value is -1.56. The summed E-state index contributed by atoms with van der Waals surface area (Å²) in [5.74, 6) is -0.859. The quantitative estimate of drug-likeness (QED) is 0.612.